The molecule has 7 heteroatoms. The maximum absolute atomic E-state index is 12.2. The molecule has 1 unspecified atom stereocenters. The Labute approximate surface area is 179 Å². The molecule has 1 atom stereocenters. The van der Waals surface area contributed by atoms with Crippen LogP contribution < -0.4 is 19.9 Å². The van der Waals surface area contributed by atoms with Crippen LogP contribution >= 0.6 is 0 Å². The molecule has 0 saturated heterocycles. The van der Waals surface area contributed by atoms with Crippen LogP contribution in [-0.4, -0.2) is 12.6 Å². The zero-order valence-corrected chi connectivity index (χ0v) is 16.8. The van der Waals surface area contributed by atoms with Crippen molar-refractivity contribution in [3.05, 3.63) is 89.2 Å². The molecule has 2 aromatic carbocycles. The van der Waals surface area contributed by atoms with E-state index in [9.17, 15) is 10.1 Å². The Morgan fingerprint density at radius 3 is 2.77 bits per heavy atom. The number of rotatable bonds is 6. The van der Waals surface area contributed by atoms with Crippen molar-refractivity contribution in [2.45, 2.75) is 19.3 Å². The van der Waals surface area contributed by atoms with Gasteiger partial charge in [0.1, 0.15) is 28.9 Å². The van der Waals surface area contributed by atoms with Crippen molar-refractivity contribution >= 4 is 5.97 Å². The third-order valence-electron chi connectivity index (χ3n) is 4.79. The topological polar surface area (TPSA) is 108 Å². The van der Waals surface area contributed by atoms with E-state index in [0.717, 1.165) is 17.5 Å². The highest BCUT2D eigenvalue weighted by Crippen LogP contribution is 2.44. The first-order valence-corrected chi connectivity index (χ1v) is 9.80. The summed E-state index contributed by atoms with van der Waals surface area (Å²) < 4.78 is 21.8. The van der Waals surface area contributed by atoms with Crippen LogP contribution in [0.5, 0.6) is 17.2 Å². The van der Waals surface area contributed by atoms with Gasteiger partial charge < -0.3 is 24.4 Å². The fourth-order valence-corrected chi connectivity index (χ4v) is 3.40. The lowest BCUT2D eigenvalue weighted by Crippen LogP contribution is -2.21. The number of esters is 1. The number of ether oxygens (including phenoxy) is 3. The molecule has 0 amide bonds. The highest BCUT2D eigenvalue weighted by atomic mass is 16.5. The maximum Gasteiger partial charge on any atom is 0.379 e. The van der Waals surface area contributed by atoms with Crippen LogP contribution in [0.25, 0.3) is 0 Å². The number of benzene rings is 2. The van der Waals surface area contributed by atoms with E-state index in [2.05, 4.69) is 6.07 Å². The molecule has 0 bridgehead atoms. The Morgan fingerprint density at radius 2 is 2.03 bits per heavy atom. The first kappa shape index (κ1) is 20.1. The average Bonchev–Trinajstić information content (AvgIpc) is 3.32. The van der Waals surface area contributed by atoms with E-state index in [1.807, 2.05) is 31.2 Å². The molecule has 1 aromatic heterocycles. The second kappa shape index (κ2) is 8.67. The summed E-state index contributed by atoms with van der Waals surface area (Å²) in [5, 5.41) is 9.73. The molecule has 2 heterocycles. The van der Waals surface area contributed by atoms with Crippen molar-refractivity contribution in [2.75, 3.05) is 6.61 Å². The molecule has 0 radical (unpaired) electrons. The third kappa shape index (κ3) is 4.09. The van der Waals surface area contributed by atoms with Crippen molar-refractivity contribution in [3.63, 3.8) is 0 Å². The summed E-state index contributed by atoms with van der Waals surface area (Å²) in [4.78, 5) is 12.2. The molecule has 2 N–H and O–H groups in total. The molecular formula is C24H20N2O5. The number of nitriles is 1. The van der Waals surface area contributed by atoms with Gasteiger partial charge in [-0.2, -0.15) is 5.26 Å². The van der Waals surface area contributed by atoms with Crippen LogP contribution in [0.15, 0.2) is 76.7 Å². The fourth-order valence-electron chi connectivity index (χ4n) is 3.40. The number of carbonyl (C=O) groups is 1. The minimum atomic E-state index is -0.626. The van der Waals surface area contributed by atoms with Gasteiger partial charge in [0.15, 0.2) is 0 Å². The van der Waals surface area contributed by atoms with E-state index in [1.54, 1.807) is 24.3 Å². The number of nitrogens with two attached hydrogens (primary N) is 1. The maximum atomic E-state index is 12.2. The largest absolute Gasteiger partial charge is 0.494 e. The highest BCUT2D eigenvalue weighted by molar-refractivity contribution is 5.88. The average molecular weight is 416 g/mol. The first-order valence-electron chi connectivity index (χ1n) is 9.80. The Bertz CT molecular complexity index is 1170. The second-order valence-electron chi connectivity index (χ2n) is 6.91. The molecule has 1 aliphatic heterocycles. The molecule has 156 valence electrons. The van der Waals surface area contributed by atoms with E-state index in [4.69, 9.17) is 24.4 Å². The third-order valence-corrected chi connectivity index (χ3v) is 4.79. The van der Waals surface area contributed by atoms with Crippen LogP contribution in [0.3, 0.4) is 0 Å². The number of fused-ring (bicyclic) bond motifs is 1. The van der Waals surface area contributed by atoms with Gasteiger partial charge in [-0.25, -0.2) is 4.79 Å². The van der Waals surface area contributed by atoms with Gasteiger partial charge in [-0.15, -0.1) is 0 Å². The number of hydrogen-bond donors (Lipinski definition) is 1. The van der Waals surface area contributed by atoms with Gasteiger partial charge in [-0.3, -0.25) is 0 Å². The van der Waals surface area contributed by atoms with E-state index in [0.29, 0.717) is 23.7 Å². The molecule has 0 spiro atoms. The Balaban J connectivity index is 1.69. The molecular weight excluding hydrogens is 396 g/mol. The fraction of sp³-hybridized carbons (Fsp3) is 0.167. The lowest BCUT2D eigenvalue weighted by atomic mass is 9.83. The first-order chi connectivity index (χ1) is 15.1. The molecule has 31 heavy (non-hydrogen) atoms. The van der Waals surface area contributed by atoms with Crippen molar-refractivity contribution in [3.8, 4) is 23.3 Å². The predicted octanol–water partition coefficient (Wildman–Crippen LogP) is 4.51. The molecule has 7 nitrogen and oxygen atoms in total. The van der Waals surface area contributed by atoms with Crippen LogP contribution in [0.1, 0.15) is 40.9 Å². The van der Waals surface area contributed by atoms with E-state index >= 15 is 0 Å². The number of nitrogens with zero attached hydrogens (tertiary/aromatic N) is 1. The van der Waals surface area contributed by atoms with Crippen LogP contribution in [0, 0.1) is 11.3 Å². The Hall–Kier alpha value is -4.18. The quantitative estimate of drug-likeness (QED) is 0.465. The SMILES string of the molecule is CCCOc1cccc(C2C(C#N)=C(N)Oc3cc(OC(=O)c4ccco4)ccc32)c1. The van der Waals surface area contributed by atoms with Gasteiger partial charge in [-0.1, -0.05) is 25.1 Å². The zero-order valence-electron chi connectivity index (χ0n) is 16.8. The number of hydrogen-bond acceptors (Lipinski definition) is 7. The lowest BCUT2D eigenvalue weighted by molar-refractivity contribution is 0.0701. The Morgan fingerprint density at radius 1 is 1.16 bits per heavy atom. The van der Waals surface area contributed by atoms with Gasteiger partial charge in [0.25, 0.3) is 0 Å². The summed E-state index contributed by atoms with van der Waals surface area (Å²) in [7, 11) is 0. The number of allylic oxidation sites excluding steroid dienone is 1. The van der Waals surface area contributed by atoms with Gasteiger partial charge >= 0.3 is 5.97 Å². The van der Waals surface area contributed by atoms with E-state index < -0.39 is 11.9 Å². The van der Waals surface area contributed by atoms with Crippen molar-refractivity contribution in [1.29, 1.82) is 5.26 Å². The van der Waals surface area contributed by atoms with E-state index in [-0.39, 0.29) is 17.4 Å². The number of furan rings is 1. The van der Waals surface area contributed by atoms with Gasteiger partial charge in [0.05, 0.1) is 18.8 Å². The summed E-state index contributed by atoms with van der Waals surface area (Å²) in [5.41, 5.74) is 7.94. The molecule has 0 fully saturated rings. The van der Waals surface area contributed by atoms with Crippen LogP contribution in [0.4, 0.5) is 0 Å². The summed E-state index contributed by atoms with van der Waals surface area (Å²) in [6, 6.07) is 17.8. The van der Waals surface area contributed by atoms with Crippen LogP contribution in [0.2, 0.25) is 0 Å². The molecule has 0 saturated carbocycles. The zero-order chi connectivity index (χ0) is 21.8. The molecule has 0 aliphatic carbocycles. The minimum absolute atomic E-state index is 0.00870. The normalized spacial score (nSPS) is 14.9. The lowest BCUT2D eigenvalue weighted by Gasteiger charge is -2.27. The van der Waals surface area contributed by atoms with Crippen molar-refractivity contribution < 1.29 is 23.4 Å². The van der Waals surface area contributed by atoms with Crippen LogP contribution in [-0.2, 0) is 0 Å². The van der Waals surface area contributed by atoms with Crippen molar-refractivity contribution in [1.82, 2.24) is 0 Å². The molecule has 3 aromatic rings. The summed E-state index contributed by atoms with van der Waals surface area (Å²) >= 11 is 0. The Kier molecular flexibility index (Phi) is 5.63. The monoisotopic (exact) mass is 416 g/mol. The summed E-state index contributed by atoms with van der Waals surface area (Å²) in [6.45, 7) is 2.63. The van der Waals surface area contributed by atoms with Gasteiger partial charge in [0, 0.05) is 11.6 Å². The smallest absolute Gasteiger partial charge is 0.379 e. The summed E-state index contributed by atoms with van der Waals surface area (Å²) in [6.07, 6.45) is 2.28. The number of carbonyl (C=O) groups excluding carboxylic acids is 1. The standard InChI is InChI=1S/C24H20N2O5/c1-2-10-28-16-6-3-5-15(12-16)22-18-9-8-17(30-24(27)20-7-4-11-29-20)13-21(18)31-23(26)19(22)14-25/h3-9,11-13,22H,2,10,26H2,1H3. The summed E-state index contributed by atoms with van der Waals surface area (Å²) in [5.74, 6) is 0.430. The predicted molar refractivity (Wildman–Crippen MR) is 112 cm³/mol. The van der Waals surface area contributed by atoms with Crippen molar-refractivity contribution in [2.24, 2.45) is 5.73 Å². The van der Waals surface area contributed by atoms with Gasteiger partial charge in [0.2, 0.25) is 11.6 Å². The second-order valence-corrected chi connectivity index (χ2v) is 6.91. The molecule has 1 aliphatic rings. The minimum Gasteiger partial charge on any atom is -0.494 e. The molecule has 4 rings (SSSR count). The van der Waals surface area contributed by atoms with Gasteiger partial charge in [-0.05, 0) is 42.3 Å². The van der Waals surface area contributed by atoms with E-state index in [1.165, 1.54) is 12.3 Å². The highest BCUT2D eigenvalue weighted by Gasteiger charge is 2.31.